The average Bonchev–Trinajstić information content (AvgIpc) is 3.06. The van der Waals surface area contributed by atoms with Crippen LogP contribution in [0.4, 0.5) is 0 Å². The molecule has 1 aromatic carbocycles. The van der Waals surface area contributed by atoms with E-state index in [2.05, 4.69) is 15.3 Å². The van der Waals surface area contributed by atoms with Crippen molar-refractivity contribution in [2.45, 2.75) is 6.04 Å². The van der Waals surface area contributed by atoms with Gasteiger partial charge < -0.3 is 15.2 Å². The van der Waals surface area contributed by atoms with Crippen LogP contribution in [-0.2, 0) is 4.79 Å². The van der Waals surface area contributed by atoms with Crippen LogP contribution in [0.3, 0.4) is 0 Å². The van der Waals surface area contributed by atoms with E-state index in [1.807, 2.05) is 36.4 Å². The van der Waals surface area contributed by atoms with Gasteiger partial charge in [0.2, 0.25) is 5.91 Å². The van der Waals surface area contributed by atoms with Crippen LogP contribution in [0.1, 0.15) is 22.0 Å². The van der Waals surface area contributed by atoms with E-state index in [4.69, 9.17) is 0 Å². The molecular weight excluding hydrogens is 304 g/mol. The first kappa shape index (κ1) is 14.4. The first-order valence-corrected chi connectivity index (χ1v) is 7.81. The fourth-order valence-corrected chi connectivity index (χ4v) is 3.14. The lowest BCUT2D eigenvalue weighted by molar-refractivity contribution is -0.128. The van der Waals surface area contributed by atoms with E-state index in [9.17, 15) is 9.59 Å². The van der Waals surface area contributed by atoms with Crippen molar-refractivity contribution in [1.29, 1.82) is 0 Å². The van der Waals surface area contributed by atoms with E-state index in [1.165, 1.54) is 0 Å². The maximum absolute atomic E-state index is 13.1. The summed E-state index contributed by atoms with van der Waals surface area (Å²) in [6.07, 6.45) is 3.34. The number of hydrogen-bond donors (Lipinski definition) is 2. The van der Waals surface area contributed by atoms with Crippen molar-refractivity contribution in [3.8, 4) is 0 Å². The molecule has 0 saturated carbocycles. The number of fused-ring (bicyclic) bond motifs is 1. The van der Waals surface area contributed by atoms with Gasteiger partial charge >= 0.3 is 0 Å². The molecule has 1 aliphatic heterocycles. The molecule has 120 valence electrons. The number of nitrogens with zero attached hydrogens (tertiary/aromatic N) is 2. The van der Waals surface area contributed by atoms with Crippen molar-refractivity contribution in [1.82, 2.24) is 20.2 Å². The van der Waals surface area contributed by atoms with Crippen LogP contribution in [0.25, 0.3) is 11.0 Å². The Morgan fingerprint density at radius 2 is 2.00 bits per heavy atom. The predicted octanol–water partition coefficient (Wildman–Crippen LogP) is 1.88. The third-order valence-electron chi connectivity index (χ3n) is 4.27. The van der Waals surface area contributed by atoms with E-state index < -0.39 is 6.04 Å². The molecule has 0 bridgehead atoms. The number of hydrogen-bond acceptors (Lipinski definition) is 3. The SMILES string of the molecule is O=C1NCCN(C(=O)c2c[nH]c3ncccc23)[C@@H]1c1ccccc1. The Morgan fingerprint density at radius 1 is 1.17 bits per heavy atom. The van der Waals surface area contributed by atoms with Crippen LogP contribution in [0.15, 0.2) is 54.9 Å². The van der Waals surface area contributed by atoms with E-state index in [0.29, 0.717) is 24.3 Å². The molecule has 6 nitrogen and oxygen atoms in total. The van der Waals surface area contributed by atoms with Crippen molar-refractivity contribution in [3.05, 3.63) is 66.0 Å². The lowest BCUT2D eigenvalue weighted by Crippen LogP contribution is -2.52. The zero-order valence-corrected chi connectivity index (χ0v) is 12.9. The molecule has 0 radical (unpaired) electrons. The number of amides is 2. The number of aromatic amines is 1. The lowest BCUT2D eigenvalue weighted by Gasteiger charge is -2.35. The zero-order valence-electron chi connectivity index (χ0n) is 12.9. The second kappa shape index (κ2) is 5.81. The number of rotatable bonds is 2. The fourth-order valence-electron chi connectivity index (χ4n) is 3.14. The summed E-state index contributed by atoms with van der Waals surface area (Å²) in [5.41, 5.74) is 2.01. The molecule has 6 heteroatoms. The first-order chi connectivity index (χ1) is 11.8. The van der Waals surface area contributed by atoms with Gasteiger partial charge in [0.05, 0.1) is 5.56 Å². The molecule has 0 unspecified atom stereocenters. The predicted molar refractivity (Wildman–Crippen MR) is 89.3 cm³/mol. The van der Waals surface area contributed by atoms with E-state index >= 15 is 0 Å². The molecule has 24 heavy (non-hydrogen) atoms. The third kappa shape index (κ3) is 2.32. The highest BCUT2D eigenvalue weighted by molar-refractivity contribution is 6.07. The van der Waals surface area contributed by atoms with Crippen LogP contribution in [-0.4, -0.2) is 39.8 Å². The summed E-state index contributed by atoms with van der Waals surface area (Å²) in [5.74, 6) is -0.322. The number of aromatic nitrogens is 2. The van der Waals surface area contributed by atoms with Gasteiger partial charge in [-0.25, -0.2) is 4.98 Å². The van der Waals surface area contributed by atoms with Crippen molar-refractivity contribution >= 4 is 22.8 Å². The van der Waals surface area contributed by atoms with Crippen molar-refractivity contribution < 1.29 is 9.59 Å². The summed E-state index contributed by atoms with van der Waals surface area (Å²) in [6, 6.07) is 12.4. The number of nitrogens with one attached hydrogen (secondary N) is 2. The summed E-state index contributed by atoms with van der Waals surface area (Å²) in [6.45, 7) is 0.922. The van der Waals surface area contributed by atoms with Gasteiger partial charge in [0.25, 0.3) is 5.91 Å². The van der Waals surface area contributed by atoms with Gasteiger partial charge in [0.15, 0.2) is 0 Å². The molecule has 4 rings (SSSR count). The largest absolute Gasteiger partial charge is 0.352 e. The highest BCUT2D eigenvalue weighted by atomic mass is 16.2. The topological polar surface area (TPSA) is 78.1 Å². The number of benzene rings is 1. The van der Waals surface area contributed by atoms with E-state index in [-0.39, 0.29) is 11.8 Å². The second-order valence-corrected chi connectivity index (χ2v) is 5.70. The van der Waals surface area contributed by atoms with Crippen molar-refractivity contribution in [2.24, 2.45) is 0 Å². The van der Waals surface area contributed by atoms with Crippen molar-refractivity contribution in [2.75, 3.05) is 13.1 Å². The van der Waals surface area contributed by atoms with Crippen molar-refractivity contribution in [3.63, 3.8) is 0 Å². The first-order valence-electron chi connectivity index (χ1n) is 7.81. The summed E-state index contributed by atoms with van der Waals surface area (Å²) in [7, 11) is 0. The standard InChI is InChI=1S/C18H16N4O2/c23-17-15(12-5-2-1-3-6-12)22(10-9-20-17)18(24)14-11-21-16-13(14)7-4-8-19-16/h1-8,11,15H,9-10H2,(H,19,21)(H,20,23)/t15-/m1/s1. The molecule has 1 aliphatic rings. The Bertz CT molecular complexity index is 904. The van der Waals surface area contributed by atoms with Gasteiger partial charge in [0, 0.05) is 30.9 Å². The van der Waals surface area contributed by atoms with Gasteiger partial charge in [-0.3, -0.25) is 9.59 Å². The minimum absolute atomic E-state index is 0.154. The highest BCUT2D eigenvalue weighted by Gasteiger charge is 2.35. The van der Waals surface area contributed by atoms with Crippen LogP contribution in [0.5, 0.6) is 0 Å². The quantitative estimate of drug-likeness (QED) is 0.757. The maximum atomic E-state index is 13.1. The second-order valence-electron chi connectivity index (χ2n) is 5.70. The Labute approximate surface area is 138 Å². The molecule has 2 N–H and O–H groups in total. The number of piperazine rings is 1. The number of pyridine rings is 1. The van der Waals surface area contributed by atoms with Gasteiger partial charge in [-0.1, -0.05) is 30.3 Å². The Morgan fingerprint density at radius 3 is 2.83 bits per heavy atom. The molecule has 1 atom stereocenters. The van der Waals surface area contributed by atoms with E-state index in [0.717, 1.165) is 10.9 Å². The van der Waals surface area contributed by atoms with E-state index in [1.54, 1.807) is 23.4 Å². The molecule has 3 aromatic rings. The monoisotopic (exact) mass is 320 g/mol. The van der Waals surface area contributed by atoms with Gasteiger partial charge in [0.1, 0.15) is 11.7 Å². The molecule has 3 heterocycles. The highest BCUT2D eigenvalue weighted by Crippen LogP contribution is 2.27. The van der Waals surface area contributed by atoms with Crippen LogP contribution in [0.2, 0.25) is 0 Å². The van der Waals surface area contributed by atoms with Gasteiger partial charge in [-0.05, 0) is 17.7 Å². The molecule has 0 aliphatic carbocycles. The number of carbonyl (C=O) groups is 2. The molecule has 2 amide bonds. The number of H-pyrrole nitrogens is 1. The summed E-state index contributed by atoms with van der Waals surface area (Å²) in [4.78, 5) is 34.4. The zero-order chi connectivity index (χ0) is 16.5. The molecule has 0 spiro atoms. The summed E-state index contributed by atoms with van der Waals surface area (Å²) < 4.78 is 0. The third-order valence-corrected chi connectivity index (χ3v) is 4.27. The fraction of sp³-hybridized carbons (Fsp3) is 0.167. The maximum Gasteiger partial charge on any atom is 0.257 e. The molecule has 1 fully saturated rings. The Hall–Kier alpha value is -3.15. The molecule has 2 aromatic heterocycles. The Balaban J connectivity index is 1.75. The minimum atomic E-state index is -0.617. The van der Waals surface area contributed by atoms with Crippen LogP contribution < -0.4 is 5.32 Å². The smallest absolute Gasteiger partial charge is 0.257 e. The molecule has 1 saturated heterocycles. The Kier molecular flexibility index (Phi) is 3.49. The molecular formula is C18H16N4O2. The van der Waals surface area contributed by atoms with Gasteiger partial charge in [-0.15, -0.1) is 0 Å². The van der Waals surface area contributed by atoms with Crippen LogP contribution in [0, 0.1) is 0 Å². The summed E-state index contributed by atoms with van der Waals surface area (Å²) in [5, 5.41) is 3.61. The lowest BCUT2D eigenvalue weighted by atomic mass is 10.0. The minimum Gasteiger partial charge on any atom is -0.352 e. The number of carbonyl (C=O) groups excluding carboxylic acids is 2. The summed E-state index contributed by atoms with van der Waals surface area (Å²) >= 11 is 0. The van der Waals surface area contributed by atoms with Gasteiger partial charge in [-0.2, -0.15) is 0 Å². The normalized spacial score (nSPS) is 17.8. The van der Waals surface area contributed by atoms with Crippen LogP contribution >= 0.6 is 0 Å². The average molecular weight is 320 g/mol.